The fourth-order valence-corrected chi connectivity index (χ4v) is 3.36. The summed E-state index contributed by atoms with van der Waals surface area (Å²) in [7, 11) is 5.55. The summed E-state index contributed by atoms with van der Waals surface area (Å²) >= 11 is 1.82. The molecule has 114 valence electrons. The quantitative estimate of drug-likeness (QED) is 0.775. The molecule has 21 heavy (non-hydrogen) atoms. The van der Waals surface area contributed by atoms with Crippen LogP contribution in [0, 0.1) is 6.92 Å². The molecule has 1 aromatic carbocycles. The summed E-state index contributed by atoms with van der Waals surface area (Å²) in [6, 6.07) is 8.49. The molecule has 0 unspecified atom stereocenters. The number of thiophene rings is 1. The van der Waals surface area contributed by atoms with E-state index in [1.165, 1.54) is 16.0 Å². The van der Waals surface area contributed by atoms with E-state index in [1.807, 2.05) is 17.4 Å². The molecule has 0 atom stereocenters. The third-order valence-corrected chi connectivity index (χ3v) is 4.49. The molecule has 0 saturated heterocycles. The van der Waals surface area contributed by atoms with E-state index in [0.29, 0.717) is 6.61 Å². The van der Waals surface area contributed by atoms with Gasteiger partial charge >= 0.3 is 0 Å². The highest BCUT2D eigenvalue weighted by atomic mass is 32.1. The van der Waals surface area contributed by atoms with Crippen molar-refractivity contribution in [3.8, 4) is 5.75 Å². The van der Waals surface area contributed by atoms with Gasteiger partial charge in [0.25, 0.3) is 0 Å². The minimum absolute atomic E-state index is 0.574. The molecule has 0 aliphatic carbocycles. The van der Waals surface area contributed by atoms with Gasteiger partial charge in [-0.2, -0.15) is 0 Å². The van der Waals surface area contributed by atoms with Gasteiger partial charge in [-0.3, -0.25) is 4.90 Å². The van der Waals surface area contributed by atoms with E-state index in [9.17, 15) is 0 Å². The summed E-state index contributed by atoms with van der Waals surface area (Å²) < 4.78 is 10.6. The van der Waals surface area contributed by atoms with Crippen LogP contribution in [0.15, 0.2) is 29.6 Å². The van der Waals surface area contributed by atoms with Crippen LogP contribution in [0.5, 0.6) is 5.75 Å². The minimum Gasteiger partial charge on any atom is -0.496 e. The van der Waals surface area contributed by atoms with Gasteiger partial charge in [-0.05, 0) is 48.7 Å². The van der Waals surface area contributed by atoms with Crippen molar-refractivity contribution in [2.75, 3.05) is 21.3 Å². The second-order valence-electron chi connectivity index (χ2n) is 5.28. The van der Waals surface area contributed by atoms with Crippen molar-refractivity contribution in [3.63, 3.8) is 0 Å². The predicted molar refractivity (Wildman–Crippen MR) is 87.9 cm³/mol. The van der Waals surface area contributed by atoms with Crippen LogP contribution >= 0.6 is 11.3 Å². The maximum absolute atomic E-state index is 5.37. The maximum Gasteiger partial charge on any atom is 0.124 e. The number of hydrogen-bond acceptors (Lipinski definition) is 4. The zero-order valence-corrected chi connectivity index (χ0v) is 14.0. The van der Waals surface area contributed by atoms with Crippen LogP contribution in [-0.4, -0.2) is 26.2 Å². The second-order valence-corrected chi connectivity index (χ2v) is 6.28. The van der Waals surface area contributed by atoms with E-state index in [4.69, 9.17) is 9.47 Å². The van der Waals surface area contributed by atoms with Crippen molar-refractivity contribution in [2.24, 2.45) is 0 Å². The molecular weight excluding hydrogens is 282 g/mol. The van der Waals surface area contributed by atoms with Crippen LogP contribution in [0.1, 0.15) is 21.6 Å². The van der Waals surface area contributed by atoms with Crippen LogP contribution in [-0.2, 0) is 24.4 Å². The average Bonchev–Trinajstić information content (AvgIpc) is 2.85. The van der Waals surface area contributed by atoms with Crippen molar-refractivity contribution in [1.29, 1.82) is 0 Å². The Labute approximate surface area is 131 Å². The first kappa shape index (κ1) is 16.0. The van der Waals surface area contributed by atoms with E-state index >= 15 is 0 Å². The van der Waals surface area contributed by atoms with E-state index in [0.717, 1.165) is 24.4 Å². The molecule has 3 nitrogen and oxygen atoms in total. The summed E-state index contributed by atoms with van der Waals surface area (Å²) in [6.45, 7) is 4.64. The number of aryl methyl sites for hydroxylation is 1. The molecule has 0 saturated carbocycles. The molecule has 1 heterocycles. The Morgan fingerprint density at radius 1 is 1.14 bits per heavy atom. The van der Waals surface area contributed by atoms with Crippen LogP contribution in [0.3, 0.4) is 0 Å². The zero-order chi connectivity index (χ0) is 15.2. The van der Waals surface area contributed by atoms with Crippen molar-refractivity contribution in [1.82, 2.24) is 4.90 Å². The van der Waals surface area contributed by atoms with Crippen molar-refractivity contribution >= 4 is 11.3 Å². The van der Waals surface area contributed by atoms with Gasteiger partial charge in [0.1, 0.15) is 5.75 Å². The fraction of sp³-hybridized carbons (Fsp3) is 0.412. The molecular formula is C17H23NO2S. The summed E-state index contributed by atoms with van der Waals surface area (Å²) in [5, 5.41) is 2.16. The molecule has 0 aliphatic rings. The van der Waals surface area contributed by atoms with Crippen LogP contribution < -0.4 is 4.74 Å². The Hall–Kier alpha value is -1.36. The van der Waals surface area contributed by atoms with Gasteiger partial charge in [-0.1, -0.05) is 6.07 Å². The standard InChI is InChI=1S/C17H23NO2S/c1-13-7-8-21-17(13)11-18(2)10-14-5-6-16(20-4)15(9-14)12-19-3/h5-9H,10-12H2,1-4H3. The highest BCUT2D eigenvalue weighted by Crippen LogP contribution is 2.22. The molecule has 0 amide bonds. The first-order valence-corrected chi connectivity index (χ1v) is 7.88. The number of nitrogens with zero attached hydrogens (tertiary/aromatic N) is 1. The third-order valence-electron chi connectivity index (χ3n) is 3.48. The molecule has 0 spiro atoms. The zero-order valence-electron chi connectivity index (χ0n) is 13.2. The van der Waals surface area contributed by atoms with Crippen molar-refractivity contribution < 1.29 is 9.47 Å². The van der Waals surface area contributed by atoms with Gasteiger partial charge in [-0.25, -0.2) is 0 Å². The second kappa shape index (κ2) is 7.59. The highest BCUT2D eigenvalue weighted by molar-refractivity contribution is 7.10. The molecule has 2 rings (SSSR count). The SMILES string of the molecule is COCc1cc(CN(C)Cc2sccc2C)ccc1OC. The van der Waals surface area contributed by atoms with Gasteiger partial charge in [-0.15, -0.1) is 11.3 Å². The van der Waals surface area contributed by atoms with E-state index in [-0.39, 0.29) is 0 Å². The number of hydrogen-bond donors (Lipinski definition) is 0. The van der Waals surface area contributed by atoms with Gasteiger partial charge in [0, 0.05) is 30.6 Å². The van der Waals surface area contributed by atoms with Gasteiger partial charge in [0.15, 0.2) is 0 Å². The Balaban J connectivity index is 2.05. The van der Waals surface area contributed by atoms with Gasteiger partial charge < -0.3 is 9.47 Å². The lowest BCUT2D eigenvalue weighted by Crippen LogP contribution is -2.17. The van der Waals surface area contributed by atoms with Crippen LogP contribution in [0.4, 0.5) is 0 Å². The fourth-order valence-electron chi connectivity index (χ4n) is 2.38. The summed E-state index contributed by atoms with van der Waals surface area (Å²) in [5.41, 5.74) is 3.75. The average molecular weight is 305 g/mol. The highest BCUT2D eigenvalue weighted by Gasteiger charge is 2.08. The Kier molecular flexibility index (Phi) is 5.79. The number of methoxy groups -OCH3 is 2. The van der Waals surface area contributed by atoms with Crippen molar-refractivity contribution in [2.45, 2.75) is 26.6 Å². The van der Waals surface area contributed by atoms with E-state index < -0.39 is 0 Å². The first-order valence-electron chi connectivity index (χ1n) is 7.00. The van der Waals surface area contributed by atoms with Gasteiger partial charge in [0.2, 0.25) is 0 Å². The predicted octanol–water partition coefficient (Wildman–Crippen LogP) is 3.84. The lowest BCUT2D eigenvalue weighted by Gasteiger charge is -2.18. The summed E-state index contributed by atoms with van der Waals surface area (Å²) in [5.74, 6) is 0.886. The minimum atomic E-state index is 0.574. The molecule has 4 heteroatoms. The first-order chi connectivity index (χ1) is 10.1. The normalized spacial score (nSPS) is 11.1. The largest absolute Gasteiger partial charge is 0.496 e. The number of rotatable bonds is 7. The lowest BCUT2D eigenvalue weighted by atomic mass is 10.1. The Bertz CT molecular complexity index is 580. The van der Waals surface area contributed by atoms with Gasteiger partial charge in [0.05, 0.1) is 13.7 Å². The monoisotopic (exact) mass is 305 g/mol. The van der Waals surface area contributed by atoms with Crippen LogP contribution in [0.2, 0.25) is 0 Å². The Morgan fingerprint density at radius 3 is 2.57 bits per heavy atom. The molecule has 0 radical (unpaired) electrons. The molecule has 2 aromatic rings. The molecule has 0 fully saturated rings. The molecule has 1 aromatic heterocycles. The maximum atomic E-state index is 5.37. The molecule has 0 N–H and O–H groups in total. The molecule has 0 bridgehead atoms. The smallest absolute Gasteiger partial charge is 0.124 e. The third kappa shape index (κ3) is 4.30. The Morgan fingerprint density at radius 2 is 1.95 bits per heavy atom. The topological polar surface area (TPSA) is 21.7 Å². The summed E-state index contributed by atoms with van der Waals surface area (Å²) in [6.07, 6.45) is 0. The van der Waals surface area contributed by atoms with Crippen LogP contribution in [0.25, 0.3) is 0 Å². The molecule has 0 aliphatic heterocycles. The van der Waals surface area contributed by atoms with Crippen molar-refractivity contribution in [3.05, 3.63) is 51.2 Å². The van der Waals surface area contributed by atoms with E-state index in [2.05, 4.69) is 42.5 Å². The van der Waals surface area contributed by atoms with E-state index in [1.54, 1.807) is 14.2 Å². The number of ether oxygens (including phenoxy) is 2. The lowest BCUT2D eigenvalue weighted by molar-refractivity contribution is 0.181. The summed E-state index contributed by atoms with van der Waals surface area (Å²) in [4.78, 5) is 3.76. The number of benzene rings is 1.